The van der Waals surface area contributed by atoms with Gasteiger partial charge in [-0.2, -0.15) is 0 Å². The zero-order valence-corrected chi connectivity index (χ0v) is 20.8. The van der Waals surface area contributed by atoms with Crippen LogP contribution >= 0.6 is 11.3 Å². The second kappa shape index (κ2) is 10.6. The van der Waals surface area contributed by atoms with Crippen molar-refractivity contribution in [1.29, 1.82) is 0 Å². The number of thiazole rings is 1. The maximum absolute atomic E-state index is 13.6. The van der Waals surface area contributed by atoms with Gasteiger partial charge in [0.05, 0.1) is 43.6 Å². The van der Waals surface area contributed by atoms with Crippen molar-refractivity contribution in [2.75, 3.05) is 27.4 Å². The fourth-order valence-corrected chi connectivity index (χ4v) is 4.81. The Bertz CT molecular complexity index is 1440. The third-order valence-corrected chi connectivity index (χ3v) is 6.42. The van der Waals surface area contributed by atoms with Gasteiger partial charge < -0.3 is 18.9 Å². The Labute approximate surface area is 206 Å². The topological polar surface area (TPSA) is 88.4 Å². The number of aromatic nitrogens is 1. The molecule has 8 nitrogen and oxygen atoms in total. The summed E-state index contributed by atoms with van der Waals surface area (Å²) in [5, 5.41) is 0. The first-order valence-corrected chi connectivity index (χ1v) is 11.9. The minimum Gasteiger partial charge on any atom is -0.497 e. The standard InChI is InChI=1S/C26H26N2O6S/c1-5-33-20-12-9-17(14-21(20)34-6-2)23-19(25(30)32-4)15-27-26-28(23)24(29)22(35-26)13-16-7-10-18(31-3)11-8-16/h7-15,23H,5-6H2,1-4H3/b22-13-/t23-/m0/s1. The number of fused-ring (bicyclic) bond motifs is 1. The Morgan fingerprint density at radius 2 is 1.77 bits per heavy atom. The highest BCUT2D eigenvalue weighted by atomic mass is 32.1. The second-order valence-corrected chi connectivity index (χ2v) is 8.53. The van der Waals surface area contributed by atoms with Crippen molar-refractivity contribution in [2.45, 2.75) is 19.9 Å². The molecule has 0 bridgehead atoms. The molecule has 0 N–H and O–H groups in total. The van der Waals surface area contributed by atoms with Crippen molar-refractivity contribution >= 4 is 23.4 Å². The van der Waals surface area contributed by atoms with E-state index < -0.39 is 12.0 Å². The summed E-state index contributed by atoms with van der Waals surface area (Å²) in [6, 6.07) is 12.1. The summed E-state index contributed by atoms with van der Waals surface area (Å²) in [6.45, 7) is 4.69. The van der Waals surface area contributed by atoms with Crippen molar-refractivity contribution in [3.05, 3.63) is 85.1 Å². The molecule has 1 aliphatic rings. The lowest BCUT2D eigenvalue weighted by Gasteiger charge is -2.23. The van der Waals surface area contributed by atoms with Gasteiger partial charge in [0, 0.05) is 6.20 Å². The van der Waals surface area contributed by atoms with Gasteiger partial charge >= 0.3 is 5.97 Å². The fraction of sp³-hybridized carbons (Fsp3) is 0.269. The number of hydrogen-bond acceptors (Lipinski definition) is 8. The van der Waals surface area contributed by atoms with Crippen LogP contribution in [0.15, 0.2) is 64.0 Å². The van der Waals surface area contributed by atoms with Crippen LogP contribution in [0.1, 0.15) is 31.0 Å². The molecule has 3 aromatic rings. The van der Waals surface area contributed by atoms with Gasteiger partial charge in [0.25, 0.3) is 5.56 Å². The monoisotopic (exact) mass is 494 g/mol. The zero-order valence-electron chi connectivity index (χ0n) is 19.9. The largest absolute Gasteiger partial charge is 0.497 e. The van der Waals surface area contributed by atoms with E-state index in [0.29, 0.717) is 39.6 Å². The minimum atomic E-state index is -0.730. The van der Waals surface area contributed by atoms with Crippen LogP contribution in [-0.2, 0) is 9.53 Å². The molecule has 35 heavy (non-hydrogen) atoms. The number of carbonyl (C=O) groups excluding carboxylic acids is 1. The van der Waals surface area contributed by atoms with Gasteiger partial charge in [-0.15, -0.1) is 0 Å². The first kappa shape index (κ1) is 24.3. The maximum atomic E-state index is 13.6. The van der Waals surface area contributed by atoms with E-state index in [9.17, 15) is 9.59 Å². The molecule has 0 spiro atoms. The summed E-state index contributed by atoms with van der Waals surface area (Å²) < 4.78 is 23.7. The fourth-order valence-electron chi connectivity index (χ4n) is 3.84. The first-order chi connectivity index (χ1) is 17.0. The SMILES string of the molecule is CCOc1ccc([C@H]2C(C(=O)OC)=CN=c3s/c(=C\c4ccc(OC)cc4)c(=O)n32)cc1OCC. The van der Waals surface area contributed by atoms with Crippen molar-refractivity contribution in [3.8, 4) is 17.2 Å². The molecule has 0 saturated carbocycles. The van der Waals surface area contributed by atoms with Crippen molar-refractivity contribution in [2.24, 2.45) is 4.99 Å². The van der Waals surface area contributed by atoms with E-state index in [1.807, 2.05) is 44.2 Å². The number of methoxy groups -OCH3 is 2. The first-order valence-electron chi connectivity index (χ1n) is 11.1. The number of carbonyl (C=O) groups is 1. The van der Waals surface area contributed by atoms with E-state index in [2.05, 4.69) is 4.99 Å². The van der Waals surface area contributed by atoms with Gasteiger partial charge in [-0.3, -0.25) is 9.36 Å². The van der Waals surface area contributed by atoms with Crippen LogP contribution in [0.25, 0.3) is 6.08 Å². The lowest BCUT2D eigenvalue weighted by atomic mass is 9.97. The second-order valence-electron chi connectivity index (χ2n) is 7.52. The Morgan fingerprint density at radius 3 is 2.43 bits per heavy atom. The van der Waals surface area contributed by atoms with Crippen LogP contribution in [0.5, 0.6) is 17.2 Å². The van der Waals surface area contributed by atoms with Crippen molar-refractivity contribution < 1.29 is 23.7 Å². The van der Waals surface area contributed by atoms with Crippen molar-refractivity contribution in [1.82, 2.24) is 4.57 Å². The van der Waals surface area contributed by atoms with Gasteiger partial charge in [0.15, 0.2) is 16.3 Å². The highest BCUT2D eigenvalue weighted by Gasteiger charge is 2.31. The molecule has 182 valence electrons. The number of nitrogens with zero attached hydrogens (tertiary/aromatic N) is 2. The van der Waals surface area contributed by atoms with Gasteiger partial charge in [-0.25, -0.2) is 9.79 Å². The molecule has 0 saturated heterocycles. The van der Waals surface area contributed by atoms with E-state index >= 15 is 0 Å². The molecule has 0 fully saturated rings. The highest BCUT2D eigenvalue weighted by Crippen LogP contribution is 2.35. The molecule has 9 heteroatoms. The number of hydrogen-bond donors (Lipinski definition) is 0. The summed E-state index contributed by atoms with van der Waals surface area (Å²) in [4.78, 5) is 31.1. The van der Waals surface area contributed by atoms with Gasteiger partial charge in [-0.1, -0.05) is 29.5 Å². The number of rotatable bonds is 8. The normalized spacial score (nSPS) is 15.0. The van der Waals surface area contributed by atoms with Crippen LogP contribution in [0.3, 0.4) is 0 Å². The third-order valence-electron chi connectivity index (χ3n) is 5.42. The summed E-state index contributed by atoms with van der Waals surface area (Å²) in [6.07, 6.45) is 3.27. The molecular formula is C26H26N2O6S. The van der Waals surface area contributed by atoms with Gasteiger partial charge in [-0.05, 0) is 55.3 Å². The van der Waals surface area contributed by atoms with Crippen LogP contribution in [0.4, 0.5) is 0 Å². The molecule has 0 unspecified atom stereocenters. The van der Waals surface area contributed by atoms with E-state index in [1.54, 1.807) is 25.3 Å². The van der Waals surface area contributed by atoms with Crippen molar-refractivity contribution in [3.63, 3.8) is 0 Å². The number of benzene rings is 2. The van der Waals surface area contributed by atoms with E-state index in [0.717, 1.165) is 11.3 Å². The minimum absolute atomic E-state index is 0.252. The third kappa shape index (κ3) is 4.85. The average Bonchev–Trinajstić information content (AvgIpc) is 3.19. The smallest absolute Gasteiger partial charge is 0.337 e. The molecular weight excluding hydrogens is 468 g/mol. The lowest BCUT2D eigenvalue weighted by molar-refractivity contribution is -0.136. The Morgan fingerprint density at radius 1 is 1.06 bits per heavy atom. The molecule has 1 atom stereocenters. The average molecular weight is 495 g/mol. The quantitative estimate of drug-likeness (QED) is 0.448. The molecule has 4 rings (SSSR count). The Hall–Kier alpha value is -3.85. The van der Waals surface area contributed by atoms with Gasteiger partial charge in [0.2, 0.25) is 0 Å². The highest BCUT2D eigenvalue weighted by molar-refractivity contribution is 7.07. The molecule has 0 amide bonds. The molecule has 0 radical (unpaired) electrons. The van der Waals surface area contributed by atoms with Crippen LogP contribution in [0, 0.1) is 0 Å². The summed E-state index contributed by atoms with van der Waals surface area (Å²) in [5.41, 5.74) is 1.53. The van der Waals surface area contributed by atoms with E-state index in [1.165, 1.54) is 29.2 Å². The van der Waals surface area contributed by atoms with E-state index in [-0.39, 0.29) is 11.1 Å². The van der Waals surface area contributed by atoms with Crippen LogP contribution < -0.4 is 29.1 Å². The number of ether oxygens (including phenoxy) is 4. The molecule has 1 aromatic heterocycles. The summed E-state index contributed by atoms with van der Waals surface area (Å²) in [5.74, 6) is 1.30. The molecule has 1 aliphatic heterocycles. The zero-order chi connectivity index (χ0) is 24.9. The van der Waals surface area contributed by atoms with E-state index in [4.69, 9.17) is 18.9 Å². The Balaban J connectivity index is 1.88. The summed E-state index contributed by atoms with van der Waals surface area (Å²) in [7, 11) is 2.91. The predicted octanol–water partition coefficient (Wildman–Crippen LogP) is 2.82. The maximum Gasteiger partial charge on any atom is 0.337 e. The summed E-state index contributed by atoms with van der Waals surface area (Å²) >= 11 is 1.26. The van der Waals surface area contributed by atoms with Crippen LogP contribution in [-0.4, -0.2) is 38.0 Å². The van der Waals surface area contributed by atoms with Crippen LogP contribution in [0.2, 0.25) is 0 Å². The molecule has 2 heterocycles. The number of esters is 1. The molecule has 0 aliphatic carbocycles. The molecule has 2 aromatic carbocycles. The van der Waals surface area contributed by atoms with Gasteiger partial charge in [0.1, 0.15) is 5.75 Å². The lowest BCUT2D eigenvalue weighted by Crippen LogP contribution is -2.39. The Kier molecular flexibility index (Phi) is 7.36. The predicted molar refractivity (Wildman–Crippen MR) is 133 cm³/mol.